The molecule has 5 heteroatoms. The van der Waals surface area contributed by atoms with Crippen molar-refractivity contribution in [3.05, 3.63) is 24.2 Å². The fraction of sp³-hybridized carbons (Fsp3) is 0.462. The second-order valence-corrected chi connectivity index (χ2v) is 5.31. The maximum absolute atomic E-state index is 12.0. The van der Waals surface area contributed by atoms with Gasteiger partial charge in [-0.25, -0.2) is 9.97 Å². The van der Waals surface area contributed by atoms with Crippen molar-refractivity contribution < 1.29 is 4.79 Å². The first-order valence-electron chi connectivity index (χ1n) is 6.27. The molecule has 4 nitrogen and oxygen atoms in total. The predicted octanol–water partition coefficient (Wildman–Crippen LogP) is 2.62. The molecule has 0 amide bonds. The highest BCUT2D eigenvalue weighted by Crippen LogP contribution is 2.40. The fourth-order valence-corrected chi connectivity index (χ4v) is 3.11. The van der Waals surface area contributed by atoms with E-state index in [0.29, 0.717) is 5.65 Å². The second kappa shape index (κ2) is 4.39. The molecule has 0 saturated heterocycles. The predicted molar refractivity (Wildman–Crippen MR) is 72.6 cm³/mol. The zero-order chi connectivity index (χ0) is 12.6. The van der Waals surface area contributed by atoms with E-state index >= 15 is 0 Å². The number of H-pyrrole nitrogens is 1. The lowest BCUT2D eigenvalue weighted by atomic mass is 9.74. The maximum atomic E-state index is 12.0. The molecular formula is C13H15N3OS. The van der Waals surface area contributed by atoms with Crippen LogP contribution < -0.4 is 0 Å². The molecule has 1 aliphatic rings. The molecule has 1 aliphatic carbocycles. The molecule has 2 aromatic heterocycles. The molecule has 0 spiro atoms. The summed E-state index contributed by atoms with van der Waals surface area (Å²) in [6.45, 7) is 0. The Morgan fingerprint density at radius 3 is 2.78 bits per heavy atom. The molecule has 3 rings (SSSR count). The van der Waals surface area contributed by atoms with Crippen LogP contribution in [0.15, 0.2) is 18.3 Å². The van der Waals surface area contributed by atoms with Gasteiger partial charge >= 0.3 is 0 Å². The summed E-state index contributed by atoms with van der Waals surface area (Å²) in [4.78, 5) is 23.9. The average molecular weight is 261 g/mol. The van der Waals surface area contributed by atoms with Crippen LogP contribution >= 0.6 is 12.6 Å². The van der Waals surface area contributed by atoms with E-state index in [1.54, 1.807) is 6.20 Å². The van der Waals surface area contributed by atoms with Crippen LogP contribution in [-0.2, 0) is 10.2 Å². The van der Waals surface area contributed by atoms with E-state index in [9.17, 15) is 4.79 Å². The Bertz CT molecular complexity index is 554. The van der Waals surface area contributed by atoms with Gasteiger partial charge < -0.3 is 4.98 Å². The number of hydrogen-bond acceptors (Lipinski definition) is 3. The molecular weight excluding hydrogens is 246 g/mol. The fourth-order valence-electron chi connectivity index (χ4n) is 2.78. The smallest absolute Gasteiger partial charge is 0.199 e. The molecule has 0 aliphatic heterocycles. The zero-order valence-electron chi connectivity index (χ0n) is 10.0. The largest absolute Gasteiger partial charge is 0.340 e. The van der Waals surface area contributed by atoms with Gasteiger partial charge in [0.05, 0.1) is 10.9 Å². The Kier molecular flexibility index (Phi) is 2.86. The van der Waals surface area contributed by atoms with E-state index in [1.165, 1.54) is 6.42 Å². The van der Waals surface area contributed by atoms with E-state index in [4.69, 9.17) is 0 Å². The van der Waals surface area contributed by atoms with Crippen LogP contribution in [0.2, 0.25) is 0 Å². The Morgan fingerprint density at radius 2 is 2.11 bits per heavy atom. The quantitative estimate of drug-likeness (QED) is 0.817. The van der Waals surface area contributed by atoms with Gasteiger partial charge in [0.25, 0.3) is 0 Å². The Hall–Kier alpha value is -1.36. The van der Waals surface area contributed by atoms with Crippen molar-refractivity contribution in [3.8, 4) is 0 Å². The highest BCUT2D eigenvalue weighted by atomic mass is 32.1. The normalized spacial score (nSPS) is 18.9. The molecule has 94 valence electrons. The number of carbonyl (C=O) groups excluding carboxylic acids is 1. The summed E-state index contributed by atoms with van der Waals surface area (Å²) < 4.78 is 0. The summed E-state index contributed by atoms with van der Waals surface area (Å²) in [7, 11) is 0. The summed E-state index contributed by atoms with van der Waals surface area (Å²) >= 11 is 4.10. The van der Waals surface area contributed by atoms with Crippen molar-refractivity contribution in [1.82, 2.24) is 15.0 Å². The van der Waals surface area contributed by atoms with Crippen molar-refractivity contribution >= 4 is 28.9 Å². The lowest BCUT2D eigenvalue weighted by molar-refractivity contribution is -0.117. The summed E-state index contributed by atoms with van der Waals surface area (Å²) in [6.07, 6.45) is 6.65. The van der Waals surface area contributed by atoms with Gasteiger partial charge in [-0.15, -0.1) is 12.6 Å². The van der Waals surface area contributed by atoms with Crippen LogP contribution in [0, 0.1) is 0 Å². The number of aromatic amines is 1. The average Bonchev–Trinajstić information content (AvgIpc) is 2.83. The van der Waals surface area contributed by atoms with Crippen LogP contribution in [0.3, 0.4) is 0 Å². The number of rotatable bonds is 2. The highest BCUT2D eigenvalue weighted by Gasteiger charge is 2.42. The van der Waals surface area contributed by atoms with E-state index in [-0.39, 0.29) is 5.12 Å². The molecule has 1 saturated carbocycles. The van der Waals surface area contributed by atoms with E-state index in [0.717, 1.165) is 37.0 Å². The van der Waals surface area contributed by atoms with Crippen molar-refractivity contribution in [2.45, 2.75) is 37.5 Å². The monoisotopic (exact) mass is 261 g/mol. The third-order valence-electron chi connectivity index (χ3n) is 3.83. The molecule has 1 fully saturated rings. The number of nitrogens with zero attached hydrogens (tertiary/aromatic N) is 2. The minimum absolute atomic E-state index is 0.0822. The number of thiol groups is 1. The van der Waals surface area contributed by atoms with Crippen LogP contribution in [0.4, 0.5) is 0 Å². The number of nitrogens with one attached hydrogen (secondary N) is 1. The minimum Gasteiger partial charge on any atom is -0.340 e. The minimum atomic E-state index is -0.540. The van der Waals surface area contributed by atoms with Gasteiger partial charge in [-0.05, 0) is 25.0 Å². The van der Waals surface area contributed by atoms with Gasteiger partial charge in [0.15, 0.2) is 10.8 Å². The van der Waals surface area contributed by atoms with Gasteiger partial charge in [-0.2, -0.15) is 0 Å². The van der Waals surface area contributed by atoms with Gasteiger partial charge in [-0.3, -0.25) is 4.79 Å². The standard InChI is InChI=1S/C13H15N3OS/c17-12(18)13(6-2-1-3-7-13)11-15-9-5-4-8-14-10(9)16-11/h4-5,8H,1-3,6-7H2,(H,17,18)(H,14,15,16). The summed E-state index contributed by atoms with van der Waals surface area (Å²) in [5.41, 5.74) is 1.02. The Balaban J connectivity index is 2.12. The third-order valence-corrected chi connectivity index (χ3v) is 4.26. The van der Waals surface area contributed by atoms with E-state index < -0.39 is 5.41 Å². The molecule has 0 unspecified atom stereocenters. The van der Waals surface area contributed by atoms with Crippen molar-refractivity contribution in [2.75, 3.05) is 0 Å². The SMILES string of the molecule is O=C(S)C1(c2nc3ncccc3[nH]2)CCCCC1. The molecule has 2 aromatic rings. The second-order valence-electron chi connectivity index (χ2n) is 4.91. The van der Waals surface area contributed by atoms with Gasteiger partial charge in [0, 0.05) is 6.20 Å². The van der Waals surface area contributed by atoms with Crippen LogP contribution in [-0.4, -0.2) is 20.1 Å². The molecule has 1 N–H and O–H groups in total. The summed E-state index contributed by atoms with van der Waals surface area (Å²) in [5.74, 6) is 0.732. The molecule has 0 bridgehead atoms. The number of carbonyl (C=O) groups is 1. The number of aromatic nitrogens is 3. The number of pyridine rings is 1. The maximum Gasteiger partial charge on any atom is 0.199 e. The molecule has 2 heterocycles. The first-order valence-corrected chi connectivity index (χ1v) is 6.72. The lowest BCUT2D eigenvalue weighted by Gasteiger charge is -2.32. The van der Waals surface area contributed by atoms with Gasteiger partial charge in [0.2, 0.25) is 0 Å². The van der Waals surface area contributed by atoms with Gasteiger partial charge in [0.1, 0.15) is 5.82 Å². The number of fused-ring (bicyclic) bond motifs is 1. The lowest BCUT2D eigenvalue weighted by Crippen LogP contribution is -2.36. The van der Waals surface area contributed by atoms with Crippen molar-refractivity contribution in [3.63, 3.8) is 0 Å². The highest BCUT2D eigenvalue weighted by molar-refractivity contribution is 7.96. The van der Waals surface area contributed by atoms with Crippen LogP contribution in [0.1, 0.15) is 37.9 Å². The summed E-state index contributed by atoms with van der Waals surface area (Å²) in [5, 5.41) is -0.0822. The molecule has 0 radical (unpaired) electrons. The van der Waals surface area contributed by atoms with Crippen molar-refractivity contribution in [2.24, 2.45) is 0 Å². The summed E-state index contributed by atoms with van der Waals surface area (Å²) in [6, 6.07) is 3.79. The van der Waals surface area contributed by atoms with E-state index in [2.05, 4.69) is 27.6 Å². The van der Waals surface area contributed by atoms with Crippen LogP contribution in [0.5, 0.6) is 0 Å². The topological polar surface area (TPSA) is 58.6 Å². The first kappa shape index (κ1) is 11.7. The molecule has 0 atom stereocenters. The Morgan fingerprint density at radius 1 is 1.33 bits per heavy atom. The van der Waals surface area contributed by atoms with Gasteiger partial charge in [-0.1, -0.05) is 19.3 Å². The third kappa shape index (κ3) is 1.73. The zero-order valence-corrected chi connectivity index (χ0v) is 10.9. The number of hydrogen-bond donors (Lipinski definition) is 2. The van der Waals surface area contributed by atoms with Crippen LogP contribution in [0.25, 0.3) is 11.2 Å². The van der Waals surface area contributed by atoms with Crippen molar-refractivity contribution in [1.29, 1.82) is 0 Å². The van der Waals surface area contributed by atoms with E-state index in [1.807, 2.05) is 12.1 Å². The molecule has 0 aromatic carbocycles. The Labute approximate surface area is 111 Å². The number of imidazole rings is 1. The first-order chi connectivity index (χ1) is 8.72. The molecule has 18 heavy (non-hydrogen) atoms.